The molecule has 0 saturated heterocycles. The monoisotopic (exact) mass is 401 g/mol. The minimum Gasteiger partial charge on any atom is -0.490 e. The van der Waals surface area contributed by atoms with Gasteiger partial charge >= 0.3 is 5.97 Å². The molecule has 7 nitrogen and oxygen atoms in total. The van der Waals surface area contributed by atoms with Crippen molar-refractivity contribution in [2.24, 2.45) is 0 Å². The standard InChI is InChI=1S/C22H27NO6/c1-3-26-19-11-10-17(14-20(19)27-4-2)12-13-23-21(24)15-29-22(25)16-28-18-8-6-5-7-9-18/h5-11,14H,3-4,12-13,15-16H2,1-2H3,(H,23,24). The van der Waals surface area contributed by atoms with Gasteiger partial charge in [-0.3, -0.25) is 4.79 Å². The molecule has 0 heterocycles. The Labute approximate surface area is 170 Å². The van der Waals surface area contributed by atoms with Crippen molar-refractivity contribution >= 4 is 11.9 Å². The number of carbonyl (C=O) groups is 2. The fourth-order valence-electron chi connectivity index (χ4n) is 2.50. The summed E-state index contributed by atoms with van der Waals surface area (Å²) in [6.07, 6.45) is 0.614. The third kappa shape index (κ3) is 8.13. The number of hydrogen-bond donors (Lipinski definition) is 1. The van der Waals surface area contributed by atoms with Crippen molar-refractivity contribution in [3.8, 4) is 17.2 Å². The fraction of sp³-hybridized carbons (Fsp3) is 0.364. The quantitative estimate of drug-likeness (QED) is 0.551. The van der Waals surface area contributed by atoms with Gasteiger partial charge in [0.25, 0.3) is 5.91 Å². The Hall–Kier alpha value is -3.22. The van der Waals surface area contributed by atoms with Crippen LogP contribution in [0.3, 0.4) is 0 Å². The zero-order valence-electron chi connectivity index (χ0n) is 16.8. The number of para-hydroxylation sites is 1. The van der Waals surface area contributed by atoms with Crippen molar-refractivity contribution in [1.29, 1.82) is 0 Å². The van der Waals surface area contributed by atoms with Gasteiger partial charge in [0.2, 0.25) is 0 Å². The van der Waals surface area contributed by atoms with Gasteiger partial charge in [0.05, 0.1) is 13.2 Å². The maximum absolute atomic E-state index is 11.8. The van der Waals surface area contributed by atoms with Crippen LogP contribution in [0.15, 0.2) is 48.5 Å². The van der Waals surface area contributed by atoms with Crippen molar-refractivity contribution in [3.63, 3.8) is 0 Å². The number of ether oxygens (including phenoxy) is 4. The number of benzene rings is 2. The number of hydrogen-bond acceptors (Lipinski definition) is 6. The van der Waals surface area contributed by atoms with E-state index in [0.717, 1.165) is 5.56 Å². The lowest BCUT2D eigenvalue weighted by Crippen LogP contribution is -2.31. The first-order valence-corrected chi connectivity index (χ1v) is 9.61. The van der Waals surface area contributed by atoms with E-state index in [-0.39, 0.29) is 19.1 Å². The Morgan fingerprint density at radius 2 is 1.59 bits per heavy atom. The molecule has 2 rings (SSSR count). The predicted molar refractivity (Wildman–Crippen MR) is 108 cm³/mol. The van der Waals surface area contributed by atoms with E-state index in [0.29, 0.717) is 43.4 Å². The van der Waals surface area contributed by atoms with Crippen LogP contribution in [-0.2, 0) is 20.7 Å². The topological polar surface area (TPSA) is 83.1 Å². The second-order valence-electron chi connectivity index (χ2n) is 6.01. The normalized spacial score (nSPS) is 10.1. The van der Waals surface area contributed by atoms with Gasteiger partial charge in [-0.1, -0.05) is 24.3 Å². The van der Waals surface area contributed by atoms with Gasteiger partial charge in [-0.15, -0.1) is 0 Å². The molecule has 2 aromatic carbocycles. The molecular formula is C22H27NO6. The van der Waals surface area contributed by atoms with Gasteiger partial charge in [-0.25, -0.2) is 4.79 Å². The number of amides is 1. The van der Waals surface area contributed by atoms with Gasteiger partial charge in [0.1, 0.15) is 5.75 Å². The molecule has 1 amide bonds. The summed E-state index contributed by atoms with van der Waals surface area (Å²) in [5, 5.41) is 2.72. The lowest BCUT2D eigenvalue weighted by atomic mass is 10.1. The Morgan fingerprint density at radius 3 is 2.31 bits per heavy atom. The first-order chi connectivity index (χ1) is 14.1. The van der Waals surface area contributed by atoms with Crippen molar-refractivity contribution in [1.82, 2.24) is 5.32 Å². The molecule has 0 atom stereocenters. The number of esters is 1. The van der Waals surface area contributed by atoms with Crippen LogP contribution in [0.25, 0.3) is 0 Å². The van der Waals surface area contributed by atoms with E-state index in [9.17, 15) is 9.59 Å². The first kappa shape index (κ1) is 22.1. The molecule has 0 saturated carbocycles. The highest BCUT2D eigenvalue weighted by Crippen LogP contribution is 2.28. The fourth-order valence-corrected chi connectivity index (χ4v) is 2.50. The maximum atomic E-state index is 11.8. The minimum atomic E-state index is -0.600. The molecule has 1 N–H and O–H groups in total. The molecule has 0 bridgehead atoms. The summed E-state index contributed by atoms with van der Waals surface area (Å²) in [5.74, 6) is 0.985. The van der Waals surface area contributed by atoms with Crippen LogP contribution in [0.2, 0.25) is 0 Å². The lowest BCUT2D eigenvalue weighted by Gasteiger charge is -2.12. The van der Waals surface area contributed by atoms with E-state index < -0.39 is 5.97 Å². The highest BCUT2D eigenvalue weighted by Gasteiger charge is 2.09. The summed E-state index contributed by atoms with van der Waals surface area (Å²) in [6.45, 7) is 4.75. The summed E-state index contributed by atoms with van der Waals surface area (Å²) in [7, 11) is 0. The van der Waals surface area contributed by atoms with Crippen LogP contribution >= 0.6 is 0 Å². The summed E-state index contributed by atoms with van der Waals surface area (Å²) in [6, 6.07) is 14.6. The summed E-state index contributed by atoms with van der Waals surface area (Å²) in [4.78, 5) is 23.5. The largest absolute Gasteiger partial charge is 0.490 e. The average Bonchev–Trinajstić information content (AvgIpc) is 2.73. The molecular weight excluding hydrogens is 374 g/mol. The molecule has 156 valence electrons. The molecule has 7 heteroatoms. The highest BCUT2D eigenvalue weighted by molar-refractivity contribution is 5.80. The summed E-state index contributed by atoms with van der Waals surface area (Å²) >= 11 is 0. The molecule has 0 aliphatic heterocycles. The summed E-state index contributed by atoms with van der Waals surface area (Å²) in [5.41, 5.74) is 1.01. The molecule has 0 aromatic heterocycles. The predicted octanol–water partition coefficient (Wildman–Crippen LogP) is 2.76. The SMILES string of the molecule is CCOc1ccc(CCNC(=O)COC(=O)COc2ccccc2)cc1OCC. The van der Waals surface area contributed by atoms with E-state index in [1.54, 1.807) is 24.3 Å². The smallest absolute Gasteiger partial charge is 0.344 e. The number of rotatable bonds is 12. The minimum absolute atomic E-state index is 0.246. The molecule has 0 aliphatic carbocycles. The Balaban J connectivity index is 1.68. The van der Waals surface area contributed by atoms with E-state index >= 15 is 0 Å². The van der Waals surface area contributed by atoms with Crippen LogP contribution in [-0.4, -0.2) is 44.8 Å². The van der Waals surface area contributed by atoms with Gasteiger partial charge in [-0.2, -0.15) is 0 Å². The van der Waals surface area contributed by atoms with Crippen molar-refractivity contribution in [2.75, 3.05) is 33.0 Å². The molecule has 2 aromatic rings. The number of nitrogens with one attached hydrogen (secondary N) is 1. The maximum Gasteiger partial charge on any atom is 0.344 e. The Morgan fingerprint density at radius 1 is 0.862 bits per heavy atom. The third-order valence-electron chi connectivity index (χ3n) is 3.81. The second-order valence-corrected chi connectivity index (χ2v) is 6.01. The Bertz CT molecular complexity index is 778. The van der Waals surface area contributed by atoms with Crippen molar-refractivity contribution in [2.45, 2.75) is 20.3 Å². The summed E-state index contributed by atoms with van der Waals surface area (Å²) < 4.78 is 21.3. The van der Waals surface area contributed by atoms with Crippen LogP contribution in [0.5, 0.6) is 17.2 Å². The van der Waals surface area contributed by atoms with E-state index in [2.05, 4.69) is 5.32 Å². The number of carbonyl (C=O) groups excluding carboxylic acids is 2. The average molecular weight is 401 g/mol. The van der Waals surface area contributed by atoms with Crippen molar-refractivity contribution in [3.05, 3.63) is 54.1 Å². The van der Waals surface area contributed by atoms with Gasteiger partial charge in [0.15, 0.2) is 24.7 Å². The molecule has 29 heavy (non-hydrogen) atoms. The lowest BCUT2D eigenvalue weighted by molar-refractivity contribution is -0.150. The van der Waals surface area contributed by atoms with Crippen LogP contribution in [0.4, 0.5) is 0 Å². The van der Waals surface area contributed by atoms with Crippen LogP contribution in [0, 0.1) is 0 Å². The first-order valence-electron chi connectivity index (χ1n) is 9.61. The van der Waals surface area contributed by atoms with Crippen molar-refractivity contribution < 1.29 is 28.5 Å². The van der Waals surface area contributed by atoms with Crippen LogP contribution < -0.4 is 19.5 Å². The van der Waals surface area contributed by atoms with Crippen LogP contribution in [0.1, 0.15) is 19.4 Å². The van der Waals surface area contributed by atoms with Gasteiger partial charge < -0.3 is 24.3 Å². The molecule has 0 spiro atoms. The van der Waals surface area contributed by atoms with Gasteiger partial charge in [0, 0.05) is 6.54 Å². The van der Waals surface area contributed by atoms with Gasteiger partial charge in [-0.05, 0) is 50.1 Å². The Kier molecular flexibility index (Phi) is 9.35. The molecule has 0 aliphatic rings. The molecule has 0 fully saturated rings. The molecule has 0 radical (unpaired) electrons. The third-order valence-corrected chi connectivity index (χ3v) is 3.81. The zero-order valence-corrected chi connectivity index (χ0v) is 16.8. The highest BCUT2D eigenvalue weighted by atomic mass is 16.6. The van der Waals surface area contributed by atoms with E-state index in [1.807, 2.05) is 38.1 Å². The zero-order chi connectivity index (χ0) is 20.9. The van der Waals surface area contributed by atoms with E-state index in [4.69, 9.17) is 18.9 Å². The molecule has 0 unspecified atom stereocenters. The second kappa shape index (κ2) is 12.3. The van der Waals surface area contributed by atoms with E-state index in [1.165, 1.54) is 0 Å².